The van der Waals surface area contributed by atoms with E-state index >= 15 is 0 Å². The molecule has 1 aliphatic rings. The van der Waals surface area contributed by atoms with Crippen molar-refractivity contribution < 1.29 is 28.2 Å². The second-order valence-corrected chi connectivity index (χ2v) is 6.64. The Morgan fingerprint density at radius 3 is 2.52 bits per heavy atom. The van der Waals surface area contributed by atoms with Crippen LogP contribution < -0.4 is 4.74 Å². The van der Waals surface area contributed by atoms with Gasteiger partial charge in [0, 0.05) is 25.6 Å². The maximum absolute atomic E-state index is 13.9. The van der Waals surface area contributed by atoms with E-state index < -0.39 is 24.2 Å². The quantitative estimate of drug-likeness (QED) is 0.807. The molecule has 0 radical (unpaired) electrons. The fourth-order valence-electron chi connectivity index (χ4n) is 3.08. The van der Waals surface area contributed by atoms with Crippen molar-refractivity contribution in [3.05, 3.63) is 65.2 Å². The van der Waals surface area contributed by atoms with E-state index in [1.807, 2.05) is 0 Å². The van der Waals surface area contributed by atoms with Crippen molar-refractivity contribution in [2.75, 3.05) is 13.7 Å². The lowest BCUT2D eigenvalue weighted by atomic mass is 10.1. The molecule has 2 aromatic carbocycles. The largest absolute Gasteiger partial charge is 0.482 e. The van der Waals surface area contributed by atoms with E-state index in [9.17, 15) is 18.4 Å². The minimum atomic E-state index is -1.05. The Hall–Kier alpha value is -2.96. The fraction of sp³-hybridized carbons (Fsp3) is 0.300. The standard InChI is InChI=1S/C20H19F2NO4/c1-23(10-12-2-5-14(6-3-12)27-11-19(24)25)20(26)17-9-16(17)15-7-4-13(21)8-18(15)22/h2-8,16-17H,9-11H2,1H3,(H,24,25)/t16-,17+/m1/s1. The van der Waals surface area contributed by atoms with E-state index in [0.29, 0.717) is 24.3 Å². The Morgan fingerprint density at radius 2 is 1.89 bits per heavy atom. The van der Waals surface area contributed by atoms with Crippen LogP contribution in [0.2, 0.25) is 0 Å². The Balaban J connectivity index is 1.56. The third-order valence-corrected chi connectivity index (χ3v) is 4.55. The molecular weight excluding hydrogens is 356 g/mol. The van der Waals surface area contributed by atoms with Crippen LogP contribution in [0, 0.1) is 17.6 Å². The maximum atomic E-state index is 13.9. The second kappa shape index (κ2) is 7.73. The lowest BCUT2D eigenvalue weighted by Gasteiger charge is -2.18. The number of carbonyl (C=O) groups is 2. The number of rotatable bonds is 7. The molecule has 1 saturated carbocycles. The molecule has 1 amide bonds. The van der Waals surface area contributed by atoms with Crippen LogP contribution in [0.1, 0.15) is 23.5 Å². The highest BCUT2D eigenvalue weighted by molar-refractivity contribution is 5.82. The van der Waals surface area contributed by atoms with Gasteiger partial charge < -0.3 is 14.7 Å². The molecule has 1 fully saturated rings. The van der Waals surface area contributed by atoms with Crippen LogP contribution in [0.4, 0.5) is 8.78 Å². The molecule has 1 N–H and O–H groups in total. The first-order valence-corrected chi connectivity index (χ1v) is 8.48. The molecule has 2 atom stereocenters. The van der Waals surface area contributed by atoms with Gasteiger partial charge in [-0.2, -0.15) is 0 Å². The van der Waals surface area contributed by atoms with Gasteiger partial charge in [0.25, 0.3) is 0 Å². The third-order valence-electron chi connectivity index (χ3n) is 4.55. The van der Waals surface area contributed by atoms with Crippen molar-refractivity contribution in [3.63, 3.8) is 0 Å². The molecule has 0 unspecified atom stereocenters. The number of nitrogens with zero attached hydrogens (tertiary/aromatic N) is 1. The number of ether oxygens (including phenoxy) is 1. The molecule has 27 heavy (non-hydrogen) atoms. The number of carboxylic acids is 1. The van der Waals surface area contributed by atoms with Crippen LogP contribution in [0.3, 0.4) is 0 Å². The molecule has 7 heteroatoms. The molecule has 3 rings (SSSR count). The Labute approximate surface area is 155 Å². The van der Waals surface area contributed by atoms with Crippen molar-refractivity contribution in [2.45, 2.75) is 18.9 Å². The van der Waals surface area contributed by atoms with Gasteiger partial charge in [-0.15, -0.1) is 0 Å². The number of aliphatic carboxylic acids is 1. The van der Waals surface area contributed by atoms with Gasteiger partial charge in [0.05, 0.1) is 0 Å². The summed E-state index contributed by atoms with van der Waals surface area (Å²) in [5.41, 5.74) is 1.24. The fourth-order valence-corrected chi connectivity index (χ4v) is 3.08. The molecule has 0 heterocycles. The molecule has 0 bridgehead atoms. The summed E-state index contributed by atoms with van der Waals surface area (Å²) in [4.78, 5) is 24.6. The van der Waals surface area contributed by atoms with Crippen molar-refractivity contribution in [1.82, 2.24) is 4.90 Å². The number of carboxylic acid groups (broad SMARTS) is 1. The minimum absolute atomic E-state index is 0.0880. The van der Waals surface area contributed by atoms with E-state index in [2.05, 4.69) is 0 Å². The van der Waals surface area contributed by atoms with Crippen LogP contribution in [0.5, 0.6) is 5.75 Å². The van der Waals surface area contributed by atoms with Gasteiger partial charge in [0.15, 0.2) is 6.61 Å². The van der Waals surface area contributed by atoms with Crippen molar-refractivity contribution >= 4 is 11.9 Å². The van der Waals surface area contributed by atoms with Gasteiger partial charge in [-0.05, 0) is 41.7 Å². The Bertz CT molecular complexity index is 854. The van der Waals surface area contributed by atoms with Crippen LogP contribution >= 0.6 is 0 Å². The number of hydrogen-bond donors (Lipinski definition) is 1. The first kappa shape index (κ1) is 18.8. The van der Waals surface area contributed by atoms with Crippen molar-refractivity contribution in [2.24, 2.45) is 5.92 Å². The zero-order valence-electron chi connectivity index (χ0n) is 14.7. The summed E-state index contributed by atoms with van der Waals surface area (Å²) in [6.45, 7) is -0.0477. The number of hydrogen-bond acceptors (Lipinski definition) is 3. The SMILES string of the molecule is CN(Cc1ccc(OCC(=O)O)cc1)C(=O)[C@H]1C[C@@H]1c1ccc(F)cc1F. The van der Waals surface area contributed by atoms with E-state index in [0.717, 1.165) is 11.6 Å². The zero-order chi connectivity index (χ0) is 19.6. The highest BCUT2D eigenvalue weighted by atomic mass is 19.1. The Morgan fingerprint density at radius 1 is 1.19 bits per heavy atom. The molecule has 0 aliphatic heterocycles. The van der Waals surface area contributed by atoms with Crippen molar-refractivity contribution in [1.29, 1.82) is 0 Å². The summed E-state index contributed by atoms with van der Waals surface area (Å²) >= 11 is 0. The minimum Gasteiger partial charge on any atom is -0.482 e. The Kier molecular flexibility index (Phi) is 5.39. The lowest BCUT2D eigenvalue weighted by molar-refractivity contribution is -0.139. The molecule has 2 aromatic rings. The summed E-state index contributed by atoms with van der Waals surface area (Å²) in [5.74, 6) is -2.47. The van der Waals surface area contributed by atoms with E-state index in [4.69, 9.17) is 9.84 Å². The molecule has 1 aliphatic carbocycles. The molecule has 0 spiro atoms. The third kappa shape index (κ3) is 4.61. The van der Waals surface area contributed by atoms with Gasteiger partial charge in [-0.1, -0.05) is 18.2 Å². The summed E-state index contributed by atoms with van der Waals surface area (Å²) in [5, 5.41) is 8.59. The highest BCUT2D eigenvalue weighted by Gasteiger charge is 2.46. The van der Waals surface area contributed by atoms with Crippen LogP contribution in [0.25, 0.3) is 0 Å². The number of benzene rings is 2. The first-order valence-electron chi connectivity index (χ1n) is 8.48. The summed E-state index contributed by atoms with van der Waals surface area (Å²) in [6.07, 6.45) is 0.549. The molecule has 0 aromatic heterocycles. The van der Waals surface area contributed by atoms with E-state index in [1.165, 1.54) is 12.1 Å². The van der Waals surface area contributed by atoms with Gasteiger partial charge in [-0.25, -0.2) is 13.6 Å². The summed E-state index contributed by atoms with van der Waals surface area (Å²) in [7, 11) is 1.67. The smallest absolute Gasteiger partial charge is 0.341 e. The van der Waals surface area contributed by atoms with Gasteiger partial charge >= 0.3 is 5.97 Å². The van der Waals surface area contributed by atoms with E-state index in [-0.39, 0.29) is 17.7 Å². The predicted molar refractivity (Wildman–Crippen MR) is 93.3 cm³/mol. The molecule has 0 saturated heterocycles. The zero-order valence-corrected chi connectivity index (χ0v) is 14.7. The maximum Gasteiger partial charge on any atom is 0.341 e. The molecule has 5 nitrogen and oxygen atoms in total. The second-order valence-electron chi connectivity index (χ2n) is 6.64. The molecular formula is C20H19F2NO4. The van der Waals surface area contributed by atoms with E-state index in [1.54, 1.807) is 36.2 Å². The van der Waals surface area contributed by atoms with Gasteiger partial charge in [0.1, 0.15) is 17.4 Å². The van der Waals surface area contributed by atoms with Crippen molar-refractivity contribution in [3.8, 4) is 5.75 Å². The first-order chi connectivity index (χ1) is 12.8. The average Bonchev–Trinajstić information content (AvgIpc) is 3.40. The van der Waals surface area contributed by atoms with Crippen LogP contribution in [-0.4, -0.2) is 35.5 Å². The monoisotopic (exact) mass is 375 g/mol. The van der Waals surface area contributed by atoms with Crippen LogP contribution in [0.15, 0.2) is 42.5 Å². The highest BCUT2D eigenvalue weighted by Crippen LogP contribution is 2.49. The normalized spacial score (nSPS) is 18.0. The molecule has 142 valence electrons. The number of carbonyl (C=O) groups excluding carboxylic acids is 1. The summed E-state index contributed by atoms with van der Waals surface area (Å²) < 4.78 is 31.9. The van der Waals surface area contributed by atoms with Gasteiger partial charge in [-0.3, -0.25) is 4.79 Å². The number of amides is 1. The summed E-state index contributed by atoms with van der Waals surface area (Å²) in [6, 6.07) is 10.2. The van der Waals surface area contributed by atoms with Crippen LogP contribution in [-0.2, 0) is 16.1 Å². The number of halogens is 2. The lowest BCUT2D eigenvalue weighted by Crippen LogP contribution is -2.28. The topological polar surface area (TPSA) is 66.8 Å². The predicted octanol–water partition coefficient (Wildman–Crippen LogP) is 3.19. The average molecular weight is 375 g/mol. The van der Waals surface area contributed by atoms with Gasteiger partial charge in [0.2, 0.25) is 5.91 Å².